The highest BCUT2D eigenvalue weighted by Crippen LogP contribution is 2.05. The number of aromatic amines is 1. The van der Waals surface area contributed by atoms with Crippen molar-refractivity contribution in [1.82, 2.24) is 14.9 Å². The van der Waals surface area contributed by atoms with Crippen LogP contribution in [0.15, 0.2) is 41.6 Å². The van der Waals surface area contributed by atoms with Gasteiger partial charge in [0.15, 0.2) is 5.03 Å². The maximum absolute atomic E-state index is 12.7. The maximum Gasteiger partial charge on any atom is 0.257 e. The van der Waals surface area contributed by atoms with Crippen molar-refractivity contribution in [3.8, 4) is 0 Å². The van der Waals surface area contributed by atoms with Gasteiger partial charge in [0.1, 0.15) is 5.82 Å². The Hall–Kier alpha value is -1.73. The number of H-pyrrole nitrogens is 1. The molecule has 0 atom stereocenters. The number of halogens is 1. The van der Waals surface area contributed by atoms with Crippen LogP contribution < -0.4 is 4.72 Å². The van der Waals surface area contributed by atoms with Gasteiger partial charge in [-0.25, -0.2) is 17.5 Å². The third kappa shape index (κ3) is 3.14. The maximum atomic E-state index is 12.7. The van der Waals surface area contributed by atoms with Crippen LogP contribution in [0.5, 0.6) is 0 Å². The fourth-order valence-electron chi connectivity index (χ4n) is 1.45. The Morgan fingerprint density at radius 2 is 1.94 bits per heavy atom. The molecule has 2 N–H and O–H groups in total. The lowest BCUT2D eigenvalue weighted by Crippen LogP contribution is -2.26. The first-order chi connectivity index (χ1) is 8.58. The van der Waals surface area contributed by atoms with Crippen LogP contribution in [0.2, 0.25) is 0 Å². The summed E-state index contributed by atoms with van der Waals surface area (Å²) in [6.07, 6.45) is 1.86. The lowest BCUT2D eigenvalue weighted by Gasteiger charge is -2.04. The van der Waals surface area contributed by atoms with E-state index in [9.17, 15) is 12.8 Å². The van der Waals surface area contributed by atoms with E-state index in [2.05, 4.69) is 14.9 Å². The molecule has 0 fully saturated rings. The monoisotopic (exact) mass is 269 g/mol. The summed E-state index contributed by atoms with van der Waals surface area (Å²) in [6, 6.07) is 7.32. The summed E-state index contributed by atoms with van der Waals surface area (Å²) >= 11 is 0. The van der Waals surface area contributed by atoms with Crippen LogP contribution in [-0.4, -0.2) is 25.2 Å². The smallest absolute Gasteiger partial charge is 0.257 e. The molecule has 7 heteroatoms. The number of sulfonamides is 1. The van der Waals surface area contributed by atoms with E-state index in [-0.39, 0.29) is 17.4 Å². The van der Waals surface area contributed by atoms with Crippen LogP contribution in [0.4, 0.5) is 4.39 Å². The van der Waals surface area contributed by atoms with Crippen LogP contribution in [0.1, 0.15) is 5.56 Å². The van der Waals surface area contributed by atoms with E-state index in [1.54, 1.807) is 12.1 Å². The highest BCUT2D eigenvalue weighted by Gasteiger charge is 2.14. The average Bonchev–Trinajstić information content (AvgIpc) is 2.86. The Morgan fingerprint density at radius 1 is 1.22 bits per heavy atom. The lowest BCUT2D eigenvalue weighted by atomic mass is 10.1. The average molecular weight is 269 g/mol. The van der Waals surface area contributed by atoms with Gasteiger partial charge in [0.25, 0.3) is 10.0 Å². The third-order valence-corrected chi connectivity index (χ3v) is 3.77. The second-order valence-electron chi connectivity index (χ2n) is 3.70. The first-order valence-corrected chi connectivity index (χ1v) is 6.80. The van der Waals surface area contributed by atoms with Gasteiger partial charge in [-0.1, -0.05) is 12.1 Å². The number of hydrogen-bond acceptors (Lipinski definition) is 3. The number of hydrogen-bond donors (Lipinski definition) is 2. The molecule has 0 aliphatic rings. The van der Waals surface area contributed by atoms with Crippen molar-refractivity contribution in [3.63, 3.8) is 0 Å². The zero-order valence-electron chi connectivity index (χ0n) is 9.43. The number of nitrogens with zero attached hydrogens (tertiary/aromatic N) is 1. The SMILES string of the molecule is O=S(=O)(NCCc1ccc(F)cc1)c1ccn[nH]1. The standard InChI is InChI=1S/C11H12FN3O2S/c12-10-3-1-9(2-4-10)5-8-14-18(16,17)11-6-7-13-15-11/h1-4,6-7,14H,5,8H2,(H,13,15). The van der Waals surface area contributed by atoms with E-state index in [4.69, 9.17) is 0 Å². The summed E-state index contributed by atoms with van der Waals surface area (Å²) in [5, 5.41) is 5.99. The van der Waals surface area contributed by atoms with Gasteiger partial charge in [0.05, 0.1) is 6.20 Å². The van der Waals surface area contributed by atoms with E-state index < -0.39 is 10.0 Å². The van der Waals surface area contributed by atoms with Crippen LogP contribution >= 0.6 is 0 Å². The highest BCUT2D eigenvalue weighted by molar-refractivity contribution is 7.89. The van der Waals surface area contributed by atoms with Crippen molar-refractivity contribution in [2.45, 2.75) is 11.4 Å². The van der Waals surface area contributed by atoms with Gasteiger partial charge in [-0.2, -0.15) is 5.10 Å². The van der Waals surface area contributed by atoms with Gasteiger partial charge >= 0.3 is 0 Å². The van der Waals surface area contributed by atoms with Gasteiger partial charge in [0, 0.05) is 6.54 Å². The Labute approximate surface area is 104 Å². The number of benzene rings is 1. The minimum atomic E-state index is -3.54. The number of nitrogens with one attached hydrogen (secondary N) is 2. The Balaban J connectivity index is 1.91. The second-order valence-corrected chi connectivity index (χ2v) is 5.43. The Kier molecular flexibility index (Phi) is 3.73. The molecule has 1 heterocycles. The van der Waals surface area contributed by atoms with E-state index in [0.717, 1.165) is 5.56 Å². The zero-order chi connectivity index (χ0) is 13.0. The molecule has 0 bridgehead atoms. The summed E-state index contributed by atoms with van der Waals surface area (Å²) in [6.45, 7) is 0.243. The van der Waals surface area contributed by atoms with Crippen LogP contribution in [-0.2, 0) is 16.4 Å². The van der Waals surface area contributed by atoms with E-state index in [1.807, 2.05) is 0 Å². The largest absolute Gasteiger partial charge is 0.266 e. The third-order valence-electron chi connectivity index (χ3n) is 2.38. The predicted molar refractivity (Wildman–Crippen MR) is 63.9 cm³/mol. The molecule has 0 aliphatic carbocycles. The van der Waals surface area contributed by atoms with Crippen LogP contribution in [0, 0.1) is 5.82 Å². The quantitative estimate of drug-likeness (QED) is 0.852. The number of rotatable bonds is 5. The van der Waals surface area contributed by atoms with Gasteiger partial charge in [-0.15, -0.1) is 0 Å². The first-order valence-electron chi connectivity index (χ1n) is 5.31. The molecular weight excluding hydrogens is 257 g/mol. The van der Waals surface area contributed by atoms with E-state index in [0.29, 0.717) is 6.42 Å². The summed E-state index contributed by atoms with van der Waals surface area (Å²) in [4.78, 5) is 0. The summed E-state index contributed by atoms with van der Waals surface area (Å²) in [5.41, 5.74) is 0.865. The van der Waals surface area contributed by atoms with Gasteiger partial charge in [0.2, 0.25) is 0 Å². The molecule has 0 radical (unpaired) electrons. The lowest BCUT2D eigenvalue weighted by molar-refractivity contribution is 0.577. The van der Waals surface area contributed by atoms with Crippen molar-refractivity contribution in [2.75, 3.05) is 6.54 Å². The van der Waals surface area contributed by atoms with Crippen LogP contribution in [0.3, 0.4) is 0 Å². The molecule has 0 amide bonds. The summed E-state index contributed by atoms with van der Waals surface area (Å²) in [7, 11) is -3.54. The van der Waals surface area contributed by atoms with Gasteiger partial charge < -0.3 is 0 Å². The molecule has 5 nitrogen and oxygen atoms in total. The van der Waals surface area contributed by atoms with Crippen molar-refractivity contribution >= 4 is 10.0 Å². The molecule has 2 rings (SSSR count). The second kappa shape index (κ2) is 5.28. The van der Waals surface area contributed by atoms with Crippen molar-refractivity contribution in [3.05, 3.63) is 47.9 Å². The molecule has 0 unspecified atom stereocenters. The highest BCUT2D eigenvalue weighted by atomic mass is 32.2. The zero-order valence-corrected chi connectivity index (χ0v) is 10.2. The molecule has 1 aromatic heterocycles. The van der Waals surface area contributed by atoms with E-state index in [1.165, 1.54) is 24.4 Å². The fourth-order valence-corrected chi connectivity index (χ4v) is 2.39. The van der Waals surface area contributed by atoms with Crippen LogP contribution in [0.25, 0.3) is 0 Å². The minimum absolute atomic E-state index is 0.0293. The Morgan fingerprint density at radius 3 is 2.56 bits per heavy atom. The molecule has 18 heavy (non-hydrogen) atoms. The summed E-state index contributed by atoms with van der Waals surface area (Å²) < 4.78 is 38.5. The minimum Gasteiger partial charge on any atom is -0.266 e. The van der Waals surface area contributed by atoms with E-state index >= 15 is 0 Å². The van der Waals surface area contributed by atoms with Gasteiger partial charge in [-0.3, -0.25) is 5.10 Å². The summed E-state index contributed by atoms with van der Waals surface area (Å²) in [5.74, 6) is -0.309. The Bertz CT molecular complexity index is 594. The topological polar surface area (TPSA) is 74.8 Å². The van der Waals surface area contributed by atoms with Crippen molar-refractivity contribution in [1.29, 1.82) is 0 Å². The predicted octanol–water partition coefficient (Wildman–Crippen LogP) is 1.07. The molecule has 0 spiro atoms. The normalized spacial score (nSPS) is 11.6. The molecule has 0 aliphatic heterocycles. The van der Waals surface area contributed by atoms with Crippen molar-refractivity contribution < 1.29 is 12.8 Å². The molecule has 96 valence electrons. The van der Waals surface area contributed by atoms with Gasteiger partial charge in [-0.05, 0) is 30.2 Å². The molecule has 1 aromatic carbocycles. The van der Waals surface area contributed by atoms with Crippen molar-refractivity contribution in [2.24, 2.45) is 0 Å². The molecular formula is C11H12FN3O2S. The molecule has 0 saturated heterocycles. The first kappa shape index (κ1) is 12.7. The number of aromatic nitrogens is 2. The fraction of sp³-hybridized carbons (Fsp3) is 0.182. The molecule has 2 aromatic rings. The molecule has 0 saturated carbocycles.